The molecule has 0 atom stereocenters. The van der Waals surface area contributed by atoms with Crippen LogP contribution in [0.1, 0.15) is 50.7 Å². The number of carbonyl (C=O) groups excluding carboxylic acids is 3. The summed E-state index contributed by atoms with van der Waals surface area (Å²) in [5.41, 5.74) is 0.627. The Kier molecular flexibility index (Phi) is 9.50. The summed E-state index contributed by atoms with van der Waals surface area (Å²) in [6, 6.07) is 7.65. The number of thioether (sulfide) groups is 1. The summed E-state index contributed by atoms with van der Waals surface area (Å²) in [7, 11) is 0. The molecule has 2 aromatic heterocycles. The largest absolute Gasteiger partial charge is 0.462 e. The monoisotopic (exact) mass is 567 g/mol. The third-order valence-corrected chi connectivity index (χ3v) is 7.05. The first kappa shape index (κ1) is 29.1. The van der Waals surface area contributed by atoms with Crippen molar-refractivity contribution < 1.29 is 37.0 Å². The van der Waals surface area contributed by atoms with Gasteiger partial charge in [0.25, 0.3) is 0 Å². The van der Waals surface area contributed by atoms with Crippen molar-refractivity contribution in [3.8, 4) is 11.3 Å². The van der Waals surface area contributed by atoms with Gasteiger partial charge < -0.3 is 14.8 Å². The Labute approximate surface area is 225 Å². The molecule has 1 N–H and O–H groups in total. The molecule has 0 aliphatic rings. The Morgan fingerprint density at radius 1 is 1.00 bits per heavy atom. The number of carbonyl (C=O) groups is 3. The number of ether oxygens (including phenoxy) is 2. The van der Waals surface area contributed by atoms with E-state index >= 15 is 0 Å². The van der Waals surface area contributed by atoms with Crippen LogP contribution >= 0.6 is 23.1 Å². The summed E-state index contributed by atoms with van der Waals surface area (Å²) in [6.07, 6.45) is -4.72. The van der Waals surface area contributed by atoms with Gasteiger partial charge in [0, 0.05) is 5.56 Å². The van der Waals surface area contributed by atoms with E-state index in [0.29, 0.717) is 22.9 Å². The highest BCUT2D eigenvalue weighted by Gasteiger charge is 2.34. The fourth-order valence-electron chi connectivity index (χ4n) is 3.24. The van der Waals surface area contributed by atoms with Gasteiger partial charge in [-0.1, -0.05) is 41.6 Å². The molecule has 38 heavy (non-hydrogen) atoms. The van der Waals surface area contributed by atoms with Crippen LogP contribution in [0.25, 0.3) is 11.3 Å². The highest BCUT2D eigenvalue weighted by Crippen LogP contribution is 2.35. The van der Waals surface area contributed by atoms with E-state index in [9.17, 15) is 27.6 Å². The van der Waals surface area contributed by atoms with Gasteiger partial charge in [-0.2, -0.15) is 13.2 Å². The van der Waals surface area contributed by atoms with Crippen molar-refractivity contribution in [2.24, 2.45) is 0 Å². The van der Waals surface area contributed by atoms with Crippen molar-refractivity contribution in [3.63, 3.8) is 0 Å². The molecule has 0 aliphatic carbocycles. The second kappa shape index (κ2) is 12.4. The topological polar surface area (TPSA) is 107 Å². The molecule has 0 saturated carbocycles. The van der Waals surface area contributed by atoms with E-state index in [1.807, 2.05) is 6.92 Å². The number of thiophene rings is 1. The average molecular weight is 568 g/mol. The molecule has 0 bridgehead atoms. The molecule has 8 nitrogen and oxygen atoms in total. The Balaban J connectivity index is 1.85. The minimum atomic E-state index is -4.72. The smallest absolute Gasteiger partial charge is 0.433 e. The molecule has 202 valence electrons. The van der Waals surface area contributed by atoms with Gasteiger partial charge in [-0.25, -0.2) is 19.6 Å². The molecule has 3 rings (SSSR count). The SMILES string of the molecule is CCOC(=O)c1sc(NC(=O)CSc2nc(-c3ccc(C)cc3)cc(C(F)(F)F)n2)c(C(=O)OCC)c1C. The van der Waals surface area contributed by atoms with Gasteiger partial charge in [0.1, 0.15) is 15.6 Å². The summed E-state index contributed by atoms with van der Waals surface area (Å²) in [6.45, 7) is 6.81. The zero-order valence-electron chi connectivity index (χ0n) is 20.9. The maximum Gasteiger partial charge on any atom is 0.433 e. The number of amides is 1. The standard InChI is InChI=1S/C25H24F3N3O5S2/c1-5-35-22(33)19-14(4)20(23(34)36-6-2)38-21(19)31-18(32)12-37-24-29-16(11-17(30-24)25(26,27)28)15-9-7-13(3)8-10-15/h7-11H,5-6,12H2,1-4H3,(H,31,32). The van der Waals surface area contributed by atoms with Crippen LogP contribution in [0.5, 0.6) is 0 Å². The molecule has 1 aromatic carbocycles. The van der Waals surface area contributed by atoms with E-state index in [0.717, 1.165) is 23.0 Å². The van der Waals surface area contributed by atoms with Gasteiger partial charge in [-0.15, -0.1) is 11.3 Å². The fourth-order valence-corrected chi connectivity index (χ4v) is 5.00. The van der Waals surface area contributed by atoms with Crippen LogP contribution in [0.2, 0.25) is 0 Å². The van der Waals surface area contributed by atoms with E-state index in [2.05, 4.69) is 15.3 Å². The normalized spacial score (nSPS) is 11.2. The van der Waals surface area contributed by atoms with E-state index < -0.39 is 29.7 Å². The van der Waals surface area contributed by atoms with Gasteiger partial charge in [0.05, 0.1) is 30.2 Å². The second-order valence-electron chi connectivity index (χ2n) is 7.82. The van der Waals surface area contributed by atoms with Gasteiger partial charge in [-0.05, 0) is 39.3 Å². The lowest BCUT2D eigenvalue weighted by atomic mass is 10.1. The number of halogens is 3. The van der Waals surface area contributed by atoms with Crippen LogP contribution in [0, 0.1) is 13.8 Å². The lowest BCUT2D eigenvalue weighted by molar-refractivity contribution is -0.141. The molecule has 0 spiro atoms. The number of alkyl halides is 3. The first-order chi connectivity index (χ1) is 17.9. The van der Waals surface area contributed by atoms with Gasteiger partial charge in [0.2, 0.25) is 5.91 Å². The summed E-state index contributed by atoms with van der Waals surface area (Å²) in [5, 5.41) is 2.37. The third-order valence-electron chi connectivity index (χ3n) is 5.02. The molecule has 0 unspecified atom stereocenters. The van der Waals surface area contributed by atoms with E-state index in [1.54, 1.807) is 38.1 Å². The van der Waals surface area contributed by atoms with E-state index in [1.165, 1.54) is 6.92 Å². The Morgan fingerprint density at radius 2 is 1.63 bits per heavy atom. The maximum absolute atomic E-state index is 13.5. The van der Waals surface area contributed by atoms with Crippen LogP contribution in [0.15, 0.2) is 35.5 Å². The lowest BCUT2D eigenvalue weighted by Gasteiger charge is -2.11. The summed E-state index contributed by atoms with van der Waals surface area (Å²) in [4.78, 5) is 45.4. The average Bonchev–Trinajstić information content (AvgIpc) is 3.18. The highest BCUT2D eigenvalue weighted by molar-refractivity contribution is 7.99. The summed E-state index contributed by atoms with van der Waals surface area (Å²) < 4.78 is 50.6. The minimum absolute atomic E-state index is 0.00947. The van der Waals surface area contributed by atoms with Crippen molar-refractivity contribution in [1.29, 1.82) is 0 Å². The number of benzene rings is 1. The van der Waals surface area contributed by atoms with Gasteiger partial charge >= 0.3 is 18.1 Å². The van der Waals surface area contributed by atoms with E-state index in [-0.39, 0.29) is 45.3 Å². The second-order valence-corrected chi connectivity index (χ2v) is 9.79. The number of nitrogens with zero attached hydrogens (tertiary/aromatic N) is 2. The number of hydrogen-bond donors (Lipinski definition) is 1. The third kappa shape index (κ3) is 7.10. The Hall–Kier alpha value is -3.45. The lowest BCUT2D eigenvalue weighted by Crippen LogP contribution is -2.17. The van der Waals surface area contributed by atoms with Crippen LogP contribution in [0.3, 0.4) is 0 Å². The number of esters is 2. The summed E-state index contributed by atoms with van der Waals surface area (Å²) in [5.74, 6) is -2.39. The first-order valence-electron chi connectivity index (χ1n) is 11.4. The molecule has 0 fully saturated rings. The molecule has 0 aliphatic heterocycles. The van der Waals surface area contributed by atoms with Gasteiger partial charge in [0.15, 0.2) is 5.16 Å². The molecule has 13 heteroatoms. The zero-order valence-corrected chi connectivity index (χ0v) is 22.5. The van der Waals surface area contributed by atoms with Crippen LogP contribution in [0.4, 0.5) is 18.2 Å². The van der Waals surface area contributed by atoms with Crippen molar-refractivity contribution in [2.75, 3.05) is 24.3 Å². The van der Waals surface area contributed by atoms with Crippen molar-refractivity contribution >= 4 is 45.9 Å². The Bertz CT molecular complexity index is 1340. The number of nitrogens with one attached hydrogen (secondary N) is 1. The predicted molar refractivity (Wildman–Crippen MR) is 138 cm³/mol. The number of anilines is 1. The first-order valence-corrected chi connectivity index (χ1v) is 13.2. The predicted octanol–water partition coefficient (Wildman–Crippen LogP) is 5.92. The van der Waals surface area contributed by atoms with Gasteiger partial charge in [-0.3, -0.25) is 4.79 Å². The number of aromatic nitrogens is 2. The number of rotatable bonds is 9. The minimum Gasteiger partial charge on any atom is -0.462 e. The highest BCUT2D eigenvalue weighted by atomic mass is 32.2. The zero-order chi connectivity index (χ0) is 28.0. The molecule has 0 saturated heterocycles. The van der Waals surface area contributed by atoms with Crippen LogP contribution < -0.4 is 5.32 Å². The fraction of sp³-hybridized carbons (Fsp3) is 0.320. The molecule has 3 aromatic rings. The summed E-state index contributed by atoms with van der Waals surface area (Å²) >= 11 is 1.55. The van der Waals surface area contributed by atoms with Crippen molar-refractivity contribution in [2.45, 2.75) is 39.0 Å². The Morgan fingerprint density at radius 3 is 2.24 bits per heavy atom. The van der Waals surface area contributed by atoms with Crippen molar-refractivity contribution in [1.82, 2.24) is 9.97 Å². The maximum atomic E-state index is 13.5. The number of hydrogen-bond acceptors (Lipinski definition) is 9. The van der Waals surface area contributed by atoms with Crippen LogP contribution in [-0.4, -0.2) is 46.8 Å². The van der Waals surface area contributed by atoms with E-state index in [4.69, 9.17) is 9.47 Å². The molecule has 0 radical (unpaired) electrons. The molecular formula is C25H24F3N3O5S2. The van der Waals surface area contributed by atoms with Crippen molar-refractivity contribution in [3.05, 3.63) is 57.6 Å². The van der Waals surface area contributed by atoms with Crippen LogP contribution in [-0.2, 0) is 20.4 Å². The number of aryl methyl sites for hydroxylation is 1. The quantitative estimate of drug-likeness (QED) is 0.193. The molecule has 2 heterocycles. The molecule has 1 amide bonds. The molecular weight excluding hydrogens is 543 g/mol.